The fourth-order valence-corrected chi connectivity index (χ4v) is 5.44. The first kappa shape index (κ1) is 21.0. The normalized spacial score (nSPS) is 16.5. The largest absolute Gasteiger partial charge is 0.334 e. The minimum absolute atomic E-state index is 0.142. The second kappa shape index (κ2) is 8.93. The maximum absolute atomic E-state index is 13.1. The SMILES string of the molecule is CSc1ccc(C2NC(=O)N(Cc3cccs3)C(C)=C2c2nc(-c3cccs3)no2)cc1. The maximum Gasteiger partial charge on any atom is 0.322 e. The number of urea groups is 1. The van der Waals surface area contributed by atoms with Crippen LogP contribution in [0.1, 0.15) is 29.3 Å². The number of benzene rings is 1. The van der Waals surface area contributed by atoms with Gasteiger partial charge in [0, 0.05) is 15.5 Å². The Morgan fingerprint density at radius 3 is 2.59 bits per heavy atom. The molecule has 5 rings (SSSR count). The number of thiophene rings is 2. The molecule has 0 bridgehead atoms. The first-order valence-corrected chi connectivity index (χ1v) is 13.0. The molecule has 0 saturated heterocycles. The van der Waals surface area contributed by atoms with Crippen molar-refractivity contribution in [1.82, 2.24) is 20.4 Å². The molecule has 1 atom stereocenters. The molecule has 0 aliphatic carbocycles. The average molecular weight is 481 g/mol. The lowest BCUT2D eigenvalue weighted by Gasteiger charge is -2.35. The summed E-state index contributed by atoms with van der Waals surface area (Å²) in [7, 11) is 0. The molecule has 1 aliphatic heterocycles. The van der Waals surface area contributed by atoms with Crippen LogP contribution in [0.15, 0.2) is 74.4 Å². The highest BCUT2D eigenvalue weighted by Crippen LogP contribution is 2.38. The third kappa shape index (κ3) is 3.99. The van der Waals surface area contributed by atoms with E-state index in [1.165, 1.54) is 0 Å². The number of hydrogen-bond donors (Lipinski definition) is 1. The van der Waals surface area contributed by atoms with Crippen molar-refractivity contribution in [1.29, 1.82) is 0 Å². The van der Waals surface area contributed by atoms with Crippen LogP contribution in [0.4, 0.5) is 4.79 Å². The second-order valence-electron chi connectivity index (χ2n) is 7.22. The van der Waals surface area contributed by atoms with Crippen molar-refractivity contribution < 1.29 is 9.32 Å². The number of nitrogens with one attached hydrogen (secondary N) is 1. The Bertz CT molecular complexity index is 1240. The van der Waals surface area contributed by atoms with E-state index in [9.17, 15) is 4.79 Å². The van der Waals surface area contributed by atoms with Crippen LogP contribution in [0.5, 0.6) is 0 Å². The van der Waals surface area contributed by atoms with Gasteiger partial charge in [0.25, 0.3) is 5.89 Å². The van der Waals surface area contributed by atoms with E-state index in [-0.39, 0.29) is 12.1 Å². The first-order valence-electron chi connectivity index (χ1n) is 9.97. The van der Waals surface area contributed by atoms with Crippen molar-refractivity contribution in [2.45, 2.75) is 24.4 Å². The Hall–Kier alpha value is -2.88. The Morgan fingerprint density at radius 2 is 1.91 bits per heavy atom. The lowest BCUT2D eigenvalue weighted by molar-refractivity contribution is 0.203. The number of carbonyl (C=O) groups is 1. The quantitative estimate of drug-likeness (QED) is 0.329. The van der Waals surface area contributed by atoms with Crippen LogP contribution in [0, 0.1) is 0 Å². The minimum Gasteiger partial charge on any atom is -0.334 e. The third-order valence-electron chi connectivity index (χ3n) is 5.34. The van der Waals surface area contributed by atoms with Gasteiger partial charge in [-0.05, 0) is 53.8 Å². The third-order valence-corrected chi connectivity index (χ3v) is 7.81. The molecule has 3 aromatic heterocycles. The molecule has 9 heteroatoms. The van der Waals surface area contributed by atoms with Crippen molar-refractivity contribution >= 4 is 46.0 Å². The van der Waals surface area contributed by atoms with Gasteiger partial charge in [-0.2, -0.15) is 4.98 Å². The van der Waals surface area contributed by atoms with E-state index in [0.29, 0.717) is 18.3 Å². The van der Waals surface area contributed by atoms with Gasteiger partial charge in [0.2, 0.25) is 5.82 Å². The molecule has 6 nitrogen and oxygen atoms in total. The van der Waals surface area contributed by atoms with Crippen LogP contribution in [0.25, 0.3) is 16.3 Å². The molecule has 1 unspecified atom stereocenters. The van der Waals surface area contributed by atoms with Crippen LogP contribution in [-0.2, 0) is 6.54 Å². The fourth-order valence-electron chi connectivity index (χ4n) is 3.69. The summed E-state index contributed by atoms with van der Waals surface area (Å²) in [6.45, 7) is 2.43. The van der Waals surface area contributed by atoms with Gasteiger partial charge in [0.1, 0.15) is 0 Å². The molecular weight excluding hydrogens is 460 g/mol. The van der Waals surface area contributed by atoms with Gasteiger partial charge in [0.15, 0.2) is 0 Å². The molecule has 0 spiro atoms. The highest BCUT2D eigenvalue weighted by Gasteiger charge is 2.36. The highest BCUT2D eigenvalue weighted by molar-refractivity contribution is 7.98. The Labute approximate surface area is 198 Å². The van der Waals surface area contributed by atoms with E-state index in [1.54, 1.807) is 39.3 Å². The molecule has 4 heterocycles. The molecule has 2 amide bonds. The van der Waals surface area contributed by atoms with E-state index >= 15 is 0 Å². The van der Waals surface area contributed by atoms with Crippen molar-refractivity contribution in [3.63, 3.8) is 0 Å². The van der Waals surface area contributed by atoms with Crippen LogP contribution < -0.4 is 5.32 Å². The number of rotatable bonds is 6. The number of amides is 2. The standard InChI is InChI=1S/C23H20N4O2S3/c1-14-19(22-25-21(26-29-22)18-6-4-12-32-18)20(15-7-9-16(30-2)10-8-15)24-23(28)27(14)13-17-5-3-11-31-17/h3-12,20H,13H2,1-2H3,(H,24,28). The summed E-state index contributed by atoms with van der Waals surface area (Å²) in [6, 6.07) is 15.6. The molecule has 4 aromatic rings. The van der Waals surface area contributed by atoms with Gasteiger partial charge in [-0.1, -0.05) is 29.4 Å². The lowest BCUT2D eigenvalue weighted by Crippen LogP contribution is -2.45. The zero-order chi connectivity index (χ0) is 22.1. The molecule has 0 saturated carbocycles. The Balaban J connectivity index is 1.59. The topological polar surface area (TPSA) is 71.3 Å². The zero-order valence-corrected chi connectivity index (χ0v) is 19.9. The van der Waals surface area contributed by atoms with Gasteiger partial charge in [-0.25, -0.2) is 4.79 Å². The van der Waals surface area contributed by atoms with Gasteiger partial charge < -0.3 is 9.84 Å². The van der Waals surface area contributed by atoms with Gasteiger partial charge >= 0.3 is 6.03 Å². The molecular formula is C23H20N4O2S3. The second-order valence-corrected chi connectivity index (χ2v) is 10.1. The monoisotopic (exact) mass is 480 g/mol. The van der Waals surface area contributed by atoms with E-state index in [1.807, 2.05) is 60.3 Å². The number of aromatic nitrogens is 2. The van der Waals surface area contributed by atoms with Crippen molar-refractivity contribution in [3.05, 3.63) is 81.3 Å². The summed E-state index contributed by atoms with van der Waals surface area (Å²) >= 11 is 4.86. The summed E-state index contributed by atoms with van der Waals surface area (Å²) in [5, 5.41) is 11.4. The summed E-state index contributed by atoms with van der Waals surface area (Å²) in [5.74, 6) is 0.967. The number of carbonyl (C=O) groups excluding carboxylic acids is 1. The van der Waals surface area contributed by atoms with Crippen molar-refractivity contribution in [2.75, 3.05) is 6.26 Å². The molecule has 1 aliphatic rings. The molecule has 1 N–H and O–H groups in total. The number of allylic oxidation sites excluding steroid dienone is 1. The van der Waals surface area contributed by atoms with E-state index in [0.717, 1.165) is 31.5 Å². The first-order chi connectivity index (χ1) is 15.6. The highest BCUT2D eigenvalue weighted by atomic mass is 32.2. The number of hydrogen-bond acceptors (Lipinski definition) is 7. The Morgan fingerprint density at radius 1 is 1.12 bits per heavy atom. The van der Waals surface area contributed by atoms with Gasteiger partial charge in [0.05, 0.1) is 23.0 Å². The number of thioether (sulfide) groups is 1. The van der Waals surface area contributed by atoms with Gasteiger partial charge in [-0.15, -0.1) is 34.4 Å². The Kier molecular flexibility index (Phi) is 5.86. The van der Waals surface area contributed by atoms with Crippen molar-refractivity contribution in [2.24, 2.45) is 0 Å². The van der Waals surface area contributed by atoms with Crippen LogP contribution in [-0.4, -0.2) is 27.3 Å². The van der Waals surface area contributed by atoms with Gasteiger partial charge in [-0.3, -0.25) is 4.90 Å². The molecule has 32 heavy (non-hydrogen) atoms. The average Bonchev–Trinajstić information content (AvgIpc) is 3.59. The zero-order valence-electron chi connectivity index (χ0n) is 17.4. The predicted molar refractivity (Wildman–Crippen MR) is 130 cm³/mol. The molecule has 0 fully saturated rings. The van der Waals surface area contributed by atoms with Crippen LogP contribution in [0.2, 0.25) is 0 Å². The summed E-state index contributed by atoms with van der Waals surface area (Å²) in [6.07, 6.45) is 2.04. The summed E-state index contributed by atoms with van der Waals surface area (Å²) in [4.78, 5) is 22.8. The predicted octanol–water partition coefficient (Wildman–Crippen LogP) is 6.28. The maximum atomic E-state index is 13.1. The smallest absolute Gasteiger partial charge is 0.322 e. The summed E-state index contributed by atoms with van der Waals surface area (Å²) in [5.41, 5.74) is 2.59. The fraction of sp³-hybridized carbons (Fsp3) is 0.174. The molecule has 162 valence electrons. The van der Waals surface area contributed by atoms with E-state index < -0.39 is 0 Å². The van der Waals surface area contributed by atoms with Crippen molar-refractivity contribution in [3.8, 4) is 10.7 Å². The van der Waals surface area contributed by atoms with E-state index in [2.05, 4.69) is 27.6 Å². The van der Waals surface area contributed by atoms with E-state index in [4.69, 9.17) is 4.52 Å². The minimum atomic E-state index is -0.380. The lowest BCUT2D eigenvalue weighted by atomic mass is 9.94. The molecule has 0 radical (unpaired) electrons. The van der Waals surface area contributed by atoms with Crippen LogP contribution >= 0.6 is 34.4 Å². The summed E-state index contributed by atoms with van der Waals surface area (Å²) < 4.78 is 5.72. The van der Waals surface area contributed by atoms with Crippen LogP contribution in [0.3, 0.4) is 0 Å². The number of nitrogens with zero attached hydrogens (tertiary/aromatic N) is 3. The molecule has 1 aromatic carbocycles.